The van der Waals surface area contributed by atoms with Gasteiger partial charge >= 0.3 is 6.61 Å². The molecule has 0 aliphatic rings. The van der Waals surface area contributed by atoms with E-state index in [-0.39, 0.29) is 17.9 Å². The summed E-state index contributed by atoms with van der Waals surface area (Å²) in [6.45, 7) is -3.46. The largest absolute Gasteiger partial charge is 0.434 e. The van der Waals surface area contributed by atoms with E-state index in [4.69, 9.17) is 0 Å². The number of anilines is 1. The van der Waals surface area contributed by atoms with Gasteiger partial charge in [0.1, 0.15) is 11.6 Å². The lowest BCUT2D eigenvalue weighted by atomic mass is 10.2. The molecule has 24 heavy (non-hydrogen) atoms. The Morgan fingerprint density at radius 3 is 2.38 bits per heavy atom. The summed E-state index contributed by atoms with van der Waals surface area (Å²) in [6.07, 6.45) is 0. The van der Waals surface area contributed by atoms with Crippen LogP contribution in [-0.2, 0) is 4.79 Å². The molecule has 2 aromatic rings. The smallest absolute Gasteiger partial charge is 0.387 e. The standard InChI is InChI=1S/C16H13F3N2O3/c17-10-5-7-11(8-6-10)21-14(22)9-20-15(23)12-3-1-2-4-13(12)24-16(18)19/h1-8,16H,9H2,(H,20,23)(H,21,22). The van der Waals surface area contributed by atoms with Crippen LogP contribution in [0.2, 0.25) is 0 Å². The second-order valence-electron chi connectivity index (χ2n) is 4.61. The number of hydrogen-bond acceptors (Lipinski definition) is 3. The number of benzene rings is 2. The Morgan fingerprint density at radius 2 is 1.71 bits per heavy atom. The number of nitrogens with one attached hydrogen (secondary N) is 2. The van der Waals surface area contributed by atoms with Crippen LogP contribution in [0, 0.1) is 5.82 Å². The molecule has 0 saturated heterocycles. The first-order chi connectivity index (χ1) is 11.5. The maximum atomic E-state index is 12.8. The number of halogens is 3. The molecule has 2 aromatic carbocycles. The Kier molecular flexibility index (Phi) is 5.78. The van der Waals surface area contributed by atoms with Crippen LogP contribution in [-0.4, -0.2) is 25.0 Å². The highest BCUT2D eigenvalue weighted by Gasteiger charge is 2.15. The van der Waals surface area contributed by atoms with Gasteiger partial charge < -0.3 is 15.4 Å². The van der Waals surface area contributed by atoms with Crippen LogP contribution in [0.1, 0.15) is 10.4 Å². The Labute approximate surface area is 135 Å². The molecule has 0 bridgehead atoms. The third-order valence-electron chi connectivity index (χ3n) is 2.89. The molecule has 0 aliphatic heterocycles. The maximum absolute atomic E-state index is 12.8. The lowest BCUT2D eigenvalue weighted by Crippen LogP contribution is -2.33. The predicted octanol–water partition coefficient (Wildman–Crippen LogP) is 2.80. The first-order valence-corrected chi connectivity index (χ1v) is 6.83. The first kappa shape index (κ1) is 17.3. The molecule has 8 heteroatoms. The number of hydrogen-bond donors (Lipinski definition) is 2. The Bertz CT molecular complexity index is 721. The van der Waals surface area contributed by atoms with Gasteiger partial charge in [0.05, 0.1) is 12.1 Å². The van der Waals surface area contributed by atoms with Crippen molar-refractivity contribution in [3.05, 3.63) is 59.9 Å². The summed E-state index contributed by atoms with van der Waals surface area (Å²) < 4.78 is 41.6. The molecule has 0 aromatic heterocycles. The zero-order chi connectivity index (χ0) is 17.5. The van der Waals surface area contributed by atoms with E-state index in [1.807, 2.05) is 0 Å². The van der Waals surface area contributed by atoms with E-state index in [0.717, 1.165) is 0 Å². The van der Waals surface area contributed by atoms with Crippen molar-refractivity contribution < 1.29 is 27.5 Å². The second kappa shape index (κ2) is 8.00. The summed E-state index contributed by atoms with van der Waals surface area (Å²) in [6, 6.07) is 10.5. The molecule has 0 fully saturated rings. The molecule has 2 N–H and O–H groups in total. The van der Waals surface area contributed by atoms with Gasteiger partial charge in [-0.15, -0.1) is 0 Å². The topological polar surface area (TPSA) is 67.4 Å². The van der Waals surface area contributed by atoms with Crippen molar-refractivity contribution in [3.8, 4) is 5.75 Å². The SMILES string of the molecule is O=C(CNC(=O)c1ccccc1OC(F)F)Nc1ccc(F)cc1. The fourth-order valence-electron chi connectivity index (χ4n) is 1.85. The number of rotatable bonds is 6. The fraction of sp³-hybridized carbons (Fsp3) is 0.125. The number of ether oxygens (including phenoxy) is 1. The molecule has 0 radical (unpaired) electrons. The molecule has 5 nitrogen and oxygen atoms in total. The molecule has 2 amide bonds. The van der Waals surface area contributed by atoms with Crippen LogP contribution in [0.3, 0.4) is 0 Å². The summed E-state index contributed by atoms with van der Waals surface area (Å²) >= 11 is 0. The highest BCUT2D eigenvalue weighted by molar-refractivity contribution is 6.00. The van der Waals surface area contributed by atoms with Crippen molar-refractivity contribution in [3.63, 3.8) is 0 Å². The van der Waals surface area contributed by atoms with Crippen molar-refractivity contribution >= 4 is 17.5 Å². The van der Waals surface area contributed by atoms with Gasteiger partial charge in [0, 0.05) is 5.69 Å². The summed E-state index contributed by atoms with van der Waals surface area (Å²) in [5.74, 6) is -2.02. The Balaban J connectivity index is 1.93. The van der Waals surface area contributed by atoms with Crippen molar-refractivity contribution in [1.29, 1.82) is 0 Å². The van der Waals surface area contributed by atoms with Crippen molar-refractivity contribution in [1.82, 2.24) is 5.32 Å². The van der Waals surface area contributed by atoms with Gasteiger partial charge in [0.2, 0.25) is 5.91 Å². The molecule has 0 atom stereocenters. The van der Waals surface area contributed by atoms with E-state index in [0.29, 0.717) is 5.69 Å². The lowest BCUT2D eigenvalue weighted by Gasteiger charge is -2.11. The maximum Gasteiger partial charge on any atom is 0.387 e. The molecular weight excluding hydrogens is 325 g/mol. The lowest BCUT2D eigenvalue weighted by molar-refractivity contribution is -0.115. The Hall–Kier alpha value is -3.03. The van der Waals surface area contributed by atoms with Crippen molar-refractivity contribution in [2.45, 2.75) is 6.61 Å². The highest BCUT2D eigenvalue weighted by Crippen LogP contribution is 2.20. The summed E-state index contributed by atoms with van der Waals surface area (Å²) in [7, 11) is 0. The van der Waals surface area contributed by atoms with Crippen LogP contribution >= 0.6 is 0 Å². The second-order valence-corrected chi connectivity index (χ2v) is 4.61. The zero-order valence-corrected chi connectivity index (χ0v) is 12.3. The highest BCUT2D eigenvalue weighted by atomic mass is 19.3. The summed E-state index contributed by atoms with van der Waals surface area (Å²) in [5.41, 5.74) is 0.240. The van der Waals surface area contributed by atoms with Gasteiger partial charge in [0.15, 0.2) is 0 Å². The quantitative estimate of drug-likeness (QED) is 0.851. The Morgan fingerprint density at radius 1 is 1.04 bits per heavy atom. The van der Waals surface area contributed by atoms with Crippen LogP contribution in [0.5, 0.6) is 5.75 Å². The van der Waals surface area contributed by atoms with E-state index in [9.17, 15) is 22.8 Å². The molecule has 0 unspecified atom stereocenters. The first-order valence-electron chi connectivity index (χ1n) is 6.83. The number of carbonyl (C=O) groups excluding carboxylic acids is 2. The third-order valence-corrected chi connectivity index (χ3v) is 2.89. The van der Waals surface area contributed by atoms with E-state index in [1.54, 1.807) is 0 Å². The summed E-state index contributed by atoms with van der Waals surface area (Å²) in [5, 5.41) is 4.75. The van der Waals surface area contributed by atoms with Crippen molar-refractivity contribution in [2.24, 2.45) is 0 Å². The van der Waals surface area contributed by atoms with E-state index in [1.165, 1.54) is 48.5 Å². The van der Waals surface area contributed by atoms with E-state index >= 15 is 0 Å². The number of alkyl halides is 2. The monoisotopic (exact) mass is 338 g/mol. The molecule has 0 saturated carbocycles. The van der Waals surface area contributed by atoms with Gasteiger partial charge in [-0.3, -0.25) is 9.59 Å². The predicted molar refractivity (Wildman–Crippen MR) is 80.4 cm³/mol. The normalized spacial score (nSPS) is 10.3. The van der Waals surface area contributed by atoms with Gasteiger partial charge in [-0.05, 0) is 36.4 Å². The van der Waals surface area contributed by atoms with Gasteiger partial charge in [-0.1, -0.05) is 12.1 Å². The zero-order valence-electron chi connectivity index (χ0n) is 12.3. The fourth-order valence-corrected chi connectivity index (χ4v) is 1.85. The molecule has 0 spiro atoms. The average molecular weight is 338 g/mol. The summed E-state index contributed by atoms with van der Waals surface area (Å²) in [4.78, 5) is 23.7. The van der Waals surface area contributed by atoms with E-state index in [2.05, 4.69) is 15.4 Å². The van der Waals surface area contributed by atoms with E-state index < -0.39 is 24.2 Å². The molecule has 0 heterocycles. The minimum atomic E-state index is -3.07. The molecule has 2 rings (SSSR count). The van der Waals surface area contributed by atoms with Crippen LogP contribution in [0.4, 0.5) is 18.9 Å². The van der Waals surface area contributed by atoms with Gasteiger partial charge in [-0.25, -0.2) is 4.39 Å². The van der Waals surface area contributed by atoms with Gasteiger partial charge in [-0.2, -0.15) is 8.78 Å². The van der Waals surface area contributed by atoms with Crippen molar-refractivity contribution in [2.75, 3.05) is 11.9 Å². The average Bonchev–Trinajstić information content (AvgIpc) is 2.55. The van der Waals surface area contributed by atoms with Gasteiger partial charge in [0.25, 0.3) is 5.91 Å². The van der Waals surface area contributed by atoms with Crippen LogP contribution < -0.4 is 15.4 Å². The number of amides is 2. The molecular formula is C16H13F3N2O3. The minimum absolute atomic E-state index is 0.118. The molecule has 0 aliphatic carbocycles. The number of para-hydroxylation sites is 1. The molecule has 126 valence electrons. The minimum Gasteiger partial charge on any atom is -0.434 e. The van der Waals surface area contributed by atoms with Crippen LogP contribution in [0.15, 0.2) is 48.5 Å². The van der Waals surface area contributed by atoms with Crippen LogP contribution in [0.25, 0.3) is 0 Å². The number of carbonyl (C=O) groups is 2. The third kappa shape index (κ3) is 5.01.